The first-order chi connectivity index (χ1) is 24.3. The first-order valence-corrected chi connectivity index (χ1v) is 16.8. The minimum Gasteiger partial charge on any atom is -0.456 e. The van der Waals surface area contributed by atoms with Crippen LogP contribution in [0.25, 0.3) is 89.3 Å². The number of hydrogen-bond acceptors (Lipinski definition) is 4. The van der Waals surface area contributed by atoms with Crippen LogP contribution in [0.2, 0.25) is 0 Å². The Morgan fingerprint density at radius 3 is 2.41 bits per heavy atom. The van der Waals surface area contributed by atoms with E-state index in [2.05, 4.69) is 133 Å². The van der Waals surface area contributed by atoms with Crippen LogP contribution in [0.3, 0.4) is 0 Å². The molecule has 0 radical (unpaired) electrons. The van der Waals surface area contributed by atoms with Crippen molar-refractivity contribution in [2.24, 2.45) is 0 Å². The average molecular weight is 629 g/mol. The molecule has 0 bridgehead atoms. The van der Waals surface area contributed by atoms with Gasteiger partial charge in [-0.05, 0) is 52.9 Å². The Bertz CT molecular complexity index is 2890. The quantitative estimate of drug-likeness (QED) is 0.211. The van der Waals surface area contributed by atoms with E-state index in [1.165, 1.54) is 16.7 Å². The number of hydrogen-bond donors (Lipinski definition) is 1. The predicted molar refractivity (Wildman–Crippen MR) is 202 cm³/mol. The summed E-state index contributed by atoms with van der Waals surface area (Å²) in [4.78, 5) is 5.19. The molecule has 2 aliphatic rings. The molecule has 3 aromatic heterocycles. The van der Waals surface area contributed by atoms with Gasteiger partial charge in [-0.15, -0.1) is 0 Å². The van der Waals surface area contributed by atoms with Crippen LogP contribution < -0.4 is 5.32 Å². The van der Waals surface area contributed by atoms with Gasteiger partial charge < -0.3 is 14.2 Å². The largest absolute Gasteiger partial charge is 0.456 e. The van der Waals surface area contributed by atoms with Crippen LogP contribution in [0, 0.1) is 0 Å². The highest BCUT2D eigenvalue weighted by Crippen LogP contribution is 2.46. The molecular formula is C45H28N2O2. The van der Waals surface area contributed by atoms with Gasteiger partial charge in [0.2, 0.25) is 0 Å². The Morgan fingerprint density at radius 2 is 1.45 bits per heavy atom. The Labute approximate surface area is 281 Å². The van der Waals surface area contributed by atoms with Gasteiger partial charge in [-0.3, -0.25) is 0 Å². The number of allylic oxidation sites excluding steroid dienone is 1. The zero-order valence-corrected chi connectivity index (χ0v) is 26.4. The number of fused-ring (bicyclic) bond motifs is 11. The van der Waals surface area contributed by atoms with Gasteiger partial charge in [0.15, 0.2) is 0 Å². The molecule has 4 heteroatoms. The molecule has 0 spiro atoms. The van der Waals surface area contributed by atoms with E-state index >= 15 is 0 Å². The molecule has 0 saturated carbocycles. The van der Waals surface area contributed by atoms with Crippen LogP contribution in [0.5, 0.6) is 0 Å². The number of pyridine rings is 1. The van der Waals surface area contributed by atoms with Gasteiger partial charge >= 0.3 is 0 Å². The fourth-order valence-electron chi connectivity index (χ4n) is 8.05. The van der Waals surface area contributed by atoms with Gasteiger partial charge in [-0.1, -0.05) is 121 Å². The fourth-order valence-corrected chi connectivity index (χ4v) is 8.05. The molecule has 1 aliphatic carbocycles. The number of nitrogens with one attached hydrogen (secondary N) is 1. The summed E-state index contributed by atoms with van der Waals surface area (Å²) in [6.07, 6.45) is 9.87. The first-order valence-electron chi connectivity index (χ1n) is 16.8. The minimum atomic E-state index is -0.0444. The van der Waals surface area contributed by atoms with Crippen LogP contribution in [-0.2, 0) is 6.42 Å². The zero-order chi connectivity index (χ0) is 32.1. The standard InChI is InChI=1S/C45H28N2O2/c1-2-9-26(10-3-1)37-23-21-27-19-20-28-22-24-38(47-43(28)42(27)46-37)35-25-36-41-31(13-8-18-40(41)49-45(36)32-14-6-12-29(32)35)34-16-7-15-33-30-11-4-5-17-39(30)48-44(33)34/h1-13,15-25,38,47H,14H2. The monoisotopic (exact) mass is 628 g/mol. The van der Waals surface area contributed by atoms with E-state index in [0.29, 0.717) is 0 Å². The number of furan rings is 2. The predicted octanol–water partition coefficient (Wildman–Crippen LogP) is 12.1. The highest BCUT2D eigenvalue weighted by molar-refractivity contribution is 6.18. The van der Waals surface area contributed by atoms with Gasteiger partial charge in [0.1, 0.15) is 22.3 Å². The lowest BCUT2D eigenvalue weighted by atomic mass is 9.90. The third kappa shape index (κ3) is 3.89. The van der Waals surface area contributed by atoms with Gasteiger partial charge in [-0.2, -0.15) is 0 Å². The maximum absolute atomic E-state index is 6.72. The number of para-hydroxylation sites is 2. The number of anilines is 1. The van der Waals surface area contributed by atoms with E-state index in [4.69, 9.17) is 13.8 Å². The van der Waals surface area contributed by atoms with Gasteiger partial charge in [0.05, 0.1) is 22.9 Å². The lowest BCUT2D eigenvalue weighted by Gasteiger charge is -2.26. The molecule has 0 saturated heterocycles. The van der Waals surface area contributed by atoms with Crippen LogP contribution in [-0.4, -0.2) is 4.98 Å². The Morgan fingerprint density at radius 1 is 0.653 bits per heavy atom. The topological polar surface area (TPSA) is 51.2 Å². The number of nitrogens with zero attached hydrogens (tertiary/aromatic N) is 1. The highest BCUT2D eigenvalue weighted by atomic mass is 16.3. The second-order valence-corrected chi connectivity index (χ2v) is 13.0. The SMILES string of the molecule is C1=Cc2c(C3C=Cc4ccc5ccc(-c6ccccc6)nc5c4N3)cc3c(oc4cccc(-c5cccc6c5oc5ccccc56)c43)c2C1. The molecule has 1 N–H and O–H groups in total. The van der Waals surface area contributed by atoms with Crippen molar-refractivity contribution in [3.05, 3.63) is 156 Å². The van der Waals surface area contributed by atoms with E-state index in [1.54, 1.807) is 0 Å². The van der Waals surface area contributed by atoms with E-state index < -0.39 is 0 Å². The molecule has 1 unspecified atom stereocenters. The summed E-state index contributed by atoms with van der Waals surface area (Å²) in [6.45, 7) is 0. The maximum atomic E-state index is 6.72. The summed E-state index contributed by atoms with van der Waals surface area (Å²) < 4.78 is 13.2. The van der Waals surface area contributed by atoms with E-state index in [-0.39, 0.29) is 6.04 Å². The molecule has 11 rings (SSSR count). The summed E-state index contributed by atoms with van der Waals surface area (Å²) in [7, 11) is 0. The average Bonchev–Trinajstić information content (AvgIpc) is 3.90. The van der Waals surface area contributed by atoms with Crippen molar-refractivity contribution in [2.45, 2.75) is 12.5 Å². The van der Waals surface area contributed by atoms with Gasteiger partial charge in [0, 0.05) is 43.6 Å². The lowest BCUT2D eigenvalue weighted by Crippen LogP contribution is -2.14. The van der Waals surface area contributed by atoms with Crippen molar-refractivity contribution >= 4 is 72.6 Å². The van der Waals surface area contributed by atoms with E-state index in [9.17, 15) is 0 Å². The van der Waals surface area contributed by atoms with Crippen molar-refractivity contribution in [2.75, 3.05) is 5.32 Å². The molecule has 0 amide bonds. The van der Waals surface area contributed by atoms with Crippen LogP contribution in [0.1, 0.15) is 28.3 Å². The molecule has 4 heterocycles. The molecule has 9 aromatic rings. The number of aromatic nitrogens is 1. The maximum Gasteiger partial charge on any atom is 0.143 e. The van der Waals surface area contributed by atoms with Crippen LogP contribution in [0.4, 0.5) is 5.69 Å². The second kappa shape index (κ2) is 10.1. The first kappa shape index (κ1) is 26.7. The molecule has 6 aromatic carbocycles. The minimum absolute atomic E-state index is 0.0444. The summed E-state index contributed by atoms with van der Waals surface area (Å²) in [5.41, 5.74) is 14.8. The third-order valence-corrected chi connectivity index (χ3v) is 10.3. The fraction of sp³-hybridized carbons (Fsp3) is 0.0444. The second-order valence-electron chi connectivity index (χ2n) is 13.0. The van der Waals surface area contributed by atoms with E-state index in [0.717, 1.165) is 94.8 Å². The van der Waals surface area contributed by atoms with Crippen LogP contribution in [0.15, 0.2) is 142 Å². The smallest absolute Gasteiger partial charge is 0.143 e. The third-order valence-electron chi connectivity index (χ3n) is 10.3. The van der Waals surface area contributed by atoms with Gasteiger partial charge in [0.25, 0.3) is 0 Å². The molecule has 0 fully saturated rings. The van der Waals surface area contributed by atoms with Crippen molar-refractivity contribution in [1.82, 2.24) is 4.98 Å². The van der Waals surface area contributed by atoms with Crippen molar-refractivity contribution in [3.63, 3.8) is 0 Å². The summed E-state index contributed by atoms with van der Waals surface area (Å²) >= 11 is 0. The molecular weight excluding hydrogens is 601 g/mol. The summed E-state index contributed by atoms with van der Waals surface area (Å²) in [5, 5.41) is 9.53. The Balaban J connectivity index is 1.10. The molecule has 4 nitrogen and oxygen atoms in total. The Kier molecular flexibility index (Phi) is 5.47. The lowest BCUT2D eigenvalue weighted by molar-refractivity contribution is 0.664. The van der Waals surface area contributed by atoms with Crippen molar-refractivity contribution < 1.29 is 8.83 Å². The number of benzene rings is 6. The number of rotatable bonds is 3. The molecule has 1 atom stereocenters. The van der Waals surface area contributed by atoms with E-state index in [1.807, 2.05) is 18.2 Å². The zero-order valence-electron chi connectivity index (χ0n) is 26.4. The van der Waals surface area contributed by atoms with Gasteiger partial charge in [-0.25, -0.2) is 4.98 Å². The normalized spacial score (nSPS) is 15.1. The molecule has 49 heavy (non-hydrogen) atoms. The molecule has 1 aliphatic heterocycles. The van der Waals surface area contributed by atoms with Crippen molar-refractivity contribution in [1.29, 1.82) is 0 Å². The Hall–Kier alpha value is -6.39. The summed E-state index contributed by atoms with van der Waals surface area (Å²) in [6, 6.07) is 42.4. The van der Waals surface area contributed by atoms with Crippen LogP contribution >= 0.6 is 0 Å². The summed E-state index contributed by atoms with van der Waals surface area (Å²) in [5.74, 6) is 0. The molecule has 230 valence electrons. The van der Waals surface area contributed by atoms with Crippen molar-refractivity contribution in [3.8, 4) is 22.4 Å². The highest BCUT2D eigenvalue weighted by Gasteiger charge is 2.27.